The minimum absolute atomic E-state index is 0.149. The highest BCUT2D eigenvalue weighted by molar-refractivity contribution is 7.80. The standard InChI is InChI=1S/C16H17N3OS/c1-2-11-19-14(17)13(15(20)18-16(19)21)10-6-9-12-7-4-3-5-8-12/h2-10,16-17,21H,1,11H2,(H,18,20). The van der Waals surface area contributed by atoms with Crippen molar-refractivity contribution in [2.24, 2.45) is 0 Å². The summed E-state index contributed by atoms with van der Waals surface area (Å²) in [6, 6.07) is 9.77. The van der Waals surface area contributed by atoms with Gasteiger partial charge in [0.25, 0.3) is 5.91 Å². The van der Waals surface area contributed by atoms with Crippen LogP contribution >= 0.6 is 12.6 Å². The third-order valence-corrected chi connectivity index (χ3v) is 3.43. The molecule has 0 bridgehead atoms. The van der Waals surface area contributed by atoms with Crippen LogP contribution in [-0.4, -0.2) is 28.7 Å². The molecule has 1 aliphatic rings. The van der Waals surface area contributed by atoms with Gasteiger partial charge in [0.2, 0.25) is 0 Å². The molecule has 4 nitrogen and oxygen atoms in total. The smallest absolute Gasteiger partial charge is 0.257 e. The molecular weight excluding hydrogens is 282 g/mol. The molecule has 1 fully saturated rings. The number of rotatable bonds is 4. The van der Waals surface area contributed by atoms with Gasteiger partial charge in [-0.05, 0) is 11.6 Å². The lowest BCUT2D eigenvalue weighted by Gasteiger charge is -2.35. The molecule has 1 aromatic carbocycles. The third-order valence-electron chi connectivity index (χ3n) is 3.02. The molecule has 0 aliphatic carbocycles. The molecule has 2 N–H and O–H groups in total. The summed E-state index contributed by atoms with van der Waals surface area (Å²) in [7, 11) is 0. The fourth-order valence-corrected chi connectivity index (χ4v) is 2.29. The number of hydrogen-bond acceptors (Lipinski definition) is 3. The van der Waals surface area contributed by atoms with E-state index in [2.05, 4.69) is 24.5 Å². The minimum atomic E-state index is -0.502. The quantitative estimate of drug-likeness (QED) is 0.454. The summed E-state index contributed by atoms with van der Waals surface area (Å²) in [5.41, 5.74) is 0.847. The number of amides is 1. The normalized spacial score (nSPS) is 20.9. The van der Waals surface area contributed by atoms with Gasteiger partial charge in [-0.2, -0.15) is 0 Å². The highest BCUT2D eigenvalue weighted by Crippen LogP contribution is 2.15. The average Bonchev–Trinajstić information content (AvgIpc) is 2.48. The van der Waals surface area contributed by atoms with E-state index in [1.54, 1.807) is 23.1 Å². The lowest BCUT2D eigenvalue weighted by molar-refractivity contribution is -0.118. The van der Waals surface area contributed by atoms with Crippen LogP contribution in [-0.2, 0) is 4.79 Å². The summed E-state index contributed by atoms with van der Waals surface area (Å²) in [5.74, 6) is -0.144. The van der Waals surface area contributed by atoms with Crippen molar-refractivity contribution in [2.45, 2.75) is 5.50 Å². The summed E-state index contributed by atoms with van der Waals surface area (Å²) in [5, 5.41) is 10.8. The van der Waals surface area contributed by atoms with Gasteiger partial charge in [-0.3, -0.25) is 10.2 Å². The Balaban J connectivity index is 2.18. The van der Waals surface area contributed by atoms with Gasteiger partial charge in [-0.1, -0.05) is 48.6 Å². The monoisotopic (exact) mass is 299 g/mol. The molecule has 0 aromatic heterocycles. The Kier molecular flexibility index (Phi) is 5.00. The van der Waals surface area contributed by atoms with Gasteiger partial charge >= 0.3 is 0 Å². The predicted molar refractivity (Wildman–Crippen MR) is 89.1 cm³/mol. The van der Waals surface area contributed by atoms with Crippen LogP contribution in [0.1, 0.15) is 5.56 Å². The van der Waals surface area contributed by atoms with Crippen molar-refractivity contribution < 1.29 is 4.79 Å². The zero-order valence-corrected chi connectivity index (χ0v) is 12.4. The van der Waals surface area contributed by atoms with Crippen molar-refractivity contribution in [2.75, 3.05) is 6.54 Å². The number of benzene rings is 1. The van der Waals surface area contributed by atoms with E-state index in [0.29, 0.717) is 12.1 Å². The first kappa shape index (κ1) is 15.1. The Morgan fingerprint density at radius 1 is 1.38 bits per heavy atom. The second-order valence-electron chi connectivity index (χ2n) is 4.49. The van der Waals surface area contributed by atoms with Crippen LogP contribution in [0.3, 0.4) is 0 Å². The molecule has 21 heavy (non-hydrogen) atoms. The van der Waals surface area contributed by atoms with Crippen molar-refractivity contribution >= 4 is 30.4 Å². The SMILES string of the molecule is C=CCN1C(=N)C(=CC=Cc2ccccc2)C(=O)NC1S. The molecule has 2 rings (SSSR count). The van der Waals surface area contributed by atoms with E-state index in [1.165, 1.54) is 0 Å². The van der Waals surface area contributed by atoms with Gasteiger partial charge in [0.1, 0.15) is 11.3 Å². The Morgan fingerprint density at radius 3 is 2.76 bits per heavy atom. The van der Waals surface area contributed by atoms with Crippen LogP contribution in [0.2, 0.25) is 0 Å². The molecule has 0 saturated carbocycles. The summed E-state index contributed by atoms with van der Waals surface area (Å²) in [6.45, 7) is 4.10. The molecule has 108 valence electrons. The fraction of sp³-hybridized carbons (Fsp3) is 0.125. The van der Waals surface area contributed by atoms with Gasteiger partial charge < -0.3 is 10.2 Å². The molecule has 5 heteroatoms. The highest BCUT2D eigenvalue weighted by Gasteiger charge is 2.30. The summed E-state index contributed by atoms with van der Waals surface area (Å²) in [6.07, 6.45) is 6.97. The molecule has 1 unspecified atom stereocenters. The zero-order valence-electron chi connectivity index (χ0n) is 11.5. The maximum atomic E-state index is 12.0. The molecule has 1 aromatic rings. The molecule has 1 aliphatic heterocycles. The molecule has 1 saturated heterocycles. The number of hydrogen-bond donors (Lipinski definition) is 3. The van der Waals surface area contributed by atoms with Crippen molar-refractivity contribution in [3.63, 3.8) is 0 Å². The molecule has 1 amide bonds. The number of nitrogens with one attached hydrogen (secondary N) is 2. The predicted octanol–water partition coefficient (Wildman–Crippen LogP) is 2.43. The molecule has 1 heterocycles. The number of carbonyl (C=O) groups is 1. The van der Waals surface area contributed by atoms with E-state index in [-0.39, 0.29) is 11.7 Å². The van der Waals surface area contributed by atoms with Crippen LogP contribution in [0, 0.1) is 5.41 Å². The van der Waals surface area contributed by atoms with Gasteiger partial charge in [0, 0.05) is 6.54 Å². The summed E-state index contributed by atoms with van der Waals surface area (Å²) < 4.78 is 0. The Labute approximate surface area is 129 Å². The first-order valence-electron chi connectivity index (χ1n) is 6.52. The second kappa shape index (κ2) is 6.95. The average molecular weight is 299 g/mol. The van der Waals surface area contributed by atoms with Crippen LogP contribution in [0.5, 0.6) is 0 Å². The third kappa shape index (κ3) is 3.64. The first-order chi connectivity index (χ1) is 10.1. The zero-order chi connectivity index (χ0) is 15.2. The first-order valence-corrected chi connectivity index (χ1v) is 7.04. The van der Waals surface area contributed by atoms with Crippen LogP contribution in [0.15, 0.2) is 60.7 Å². The number of nitrogens with zero attached hydrogens (tertiary/aromatic N) is 1. The van der Waals surface area contributed by atoms with Crippen molar-refractivity contribution in [1.29, 1.82) is 5.41 Å². The summed E-state index contributed by atoms with van der Waals surface area (Å²) >= 11 is 4.26. The van der Waals surface area contributed by atoms with Gasteiger partial charge in [0.05, 0.1) is 5.57 Å². The van der Waals surface area contributed by atoms with Crippen molar-refractivity contribution in [3.8, 4) is 0 Å². The largest absolute Gasteiger partial charge is 0.324 e. The number of carbonyl (C=O) groups excluding carboxylic acids is 1. The van der Waals surface area contributed by atoms with Crippen LogP contribution in [0.4, 0.5) is 0 Å². The highest BCUT2D eigenvalue weighted by atomic mass is 32.1. The van der Waals surface area contributed by atoms with Gasteiger partial charge in [-0.25, -0.2) is 0 Å². The minimum Gasteiger partial charge on any atom is -0.324 e. The fourth-order valence-electron chi connectivity index (χ4n) is 1.96. The molecule has 1 atom stereocenters. The van der Waals surface area contributed by atoms with Crippen molar-refractivity contribution in [1.82, 2.24) is 10.2 Å². The van der Waals surface area contributed by atoms with Crippen molar-refractivity contribution in [3.05, 3.63) is 66.3 Å². The maximum absolute atomic E-state index is 12.0. The van der Waals surface area contributed by atoms with Crippen LogP contribution < -0.4 is 5.32 Å². The Bertz CT molecular complexity index is 607. The van der Waals surface area contributed by atoms with E-state index in [9.17, 15) is 4.79 Å². The number of allylic oxidation sites excluding steroid dienone is 2. The maximum Gasteiger partial charge on any atom is 0.257 e. The molecule has 0 spiro atoms. The van der Waals surface area contributed by atoms with E-state index in [0.717, 1.165) is 5.56 Å². The van der Waals surface area contributed by atoms with E-state index < -0.39 is 5.50 Å². The number of thiol groups is 1. The van der Waals surface area contributed by atoms with E-state index >= 15 is 0 Å². The van der Waals surface area contributed by atoms with Gasteiger partial charge in [0.15, 0.2) is 0 Å². The van der Waals surface area contributed by atoms with Crippen LogP contribution in [0.25, 0.3) is 6.08 Å². The van der Waals surface area contributed by atoms with Gasteiger partial charge in [-0.15, -0.1) is 19.2 Å². The second-order valence-corrected chi connectivity index (χ2v) is 4.98. The topological polar surface area (TPSA) is 56.2 Å². The summed E-state index contributed by atoms with van der Waals surface area (Å²) in [4.78, 5) is 13.6. The van der Waals surface area contributed by atoms with E-state index in [4.69, 9.17) is 5.41 Å². The molecule has 0 radical (unpaired) electrons. The molecular formula is C16H17N3OS. The lowest BCUT2D eigenvalue weighted by atomic mass is 10.1. The number of amidine groups is 1. The Hall–Kier alpha value is -2.27. The van der Waals surface area contributed by atoms with E-state index in [1.807, 2.05) is 36.4 Å². The Morgan fingerprint density at radius 2 is 2.10 bits per heavy atom. The lowest BCUT2D eigenvalue weighted by Crippen LogP contribution is -2.55.